The third-order valence-corrected chi connectivity index (χ3v) is 9.37. The molecule has 4 bridgehead atoms. The van der Waals surface area contributed by atoms with E-state index in [4.69, 9.17) is 5.73 Å². The van der Waals surface area contributed by atoms with Crippen LogP contribution in [0.25, 0.3) is 0 Å². The van der Waals surface area contributed by atoms with E-state index in [9.17, 15) is 31.2 Å². The van der Waals surface area contributed by atoms with Crippen molar-refractivity contribution < 1.29 is 31.2 Å². The molecule has 0 aromatic heterocycles. The molecule has 2 unspecified atom stereocenters. The zero-order chi connectivity index (χ0) is 25.1. The normalized spacial score (nSPS) is 30.9. The molecule has 4 N–H and O–H groups in total. The summed E-state index contributed by atoms with van der Waals surface area (Å²) < 4.78 is 67.8. The number of sulfonamides is 1. The van der Waals surface area contributed by atoms with Crippen LogP contribution in [0.5, 0.6) is 0 Å². The number of carbonyl (C=O) groups excluding carboxylic acids is 2. The highest BCUT2D eigenvalue weighted by Crippen LogP contribution is 2.59. The lowest BCUT2D eigenvalue weighted by Crippen LogP contribution is -2.62. The van der Waals surface area contributed by atoms with Crippen LogP contribution in [0, 0.1) is 23.2 Å². The number of nitrogens with one attached hydrogen (secondary N) is 2. The summed E-state index contributed by atoms with van der Waals surface area (Å²) in [6.07, 6.45) is -1.16. The average molecular weight is 502 g/mol. The molecule has 2 atom stereocenters. The summed E-state index contributed by atoms with van der Waals surface area (Å²) in [5.41, 5.74) is 2.62. The van der Waals surface area contributed by atoms with E-state index < -0.39 is 37.6 Å². The van der Waals surface area contributed by atoms with Crippen molar-refractivity contribution in [1.82, 2.24) is 10.0 Å². The van der Waals surface area contributed by atoms with Gasteiger partial charge in [-0.3, -0.25) is 9.59 Å². The Kier molecular flexibility index (Phi) is 6.04. The number of benzene rings is 1. The summed E-state index contributed by atoms with van der Waals surface area (Å²) in [6.45, 7) is 2.92. The Labute approximate surface area is 197 Å². The first kappa shape index (κ1) is 25.0. The molecule has 2 amide bonds. The molecule has 4 fully saturated rings. The lowest BCUT2D eigenvalue weighted by atomic mass is 9.47. The molecule has 0 radical (unpaired) electrons. The maximum atomic E-state index is 13.3. The number of halogens is 3. The molecule has 0 aliphatic heterocycles. The average Bonchev–Trinajstić information content (AvgIpc) is 2.68. The summed E-state index contributed by atoms with van der Waals surface area (Å²) in [7, 11) is -4.55. The van der Waals surface area contributed by atoms with E-state index in [0.717, 1.165) is 31.4 Å². The molecule has 34 heavy (non-hydrogen) atoms. The van der Waals surface area contributed by atoms with Gasteiger partial charge in [0, 0.05) is 23.4 Å². The van der Waals surface area contributed by atoms with Crippen LogP contribution in [0.15, 0.2) is 29.2 Å². The van der Waals surface area contributed by atoms with Crippen LogP contribution in [-0.4, -0.2) is 31.8 Å². The second kappa shape index (κ2) is 8.22. The van der Waals surface area contributed by atoms with Crippen molar-refractivity contribution >= 4 is 21.8 Å². The minimum Gasteiger partial charge on any atom is -0.369 e. The van der Waals surface area contributed by atoms with Crippen LogP contribution in [-0.2, 0) is 25.8 Å². The first-order valence-corrected chi connectivity index (χ1v) is 12.9. The third-order valence-electron chi connectivity index (χ3n) is 7.62. The second-order valence-corrected chi connectivity index (χ2v) is 12.5. The molecule has 4 aliphatic carbocycles. The highest BCUT2D eigenvalue weighted by Gasteiger charge is 2.58. The molecule has 11 heteroatoms. The highest BCUT2D eigenvalue weighted by atomic mass is 32.2. The molecular weight excluding hydrogens is 471 g/mol. The van der Waals surface area contributed by atoms with E-state index in [1.165, 1.54) is 19.9 Å². The lowest BCUT2D eigenvalue weighted by Gasteiger charge is -2.58. The van der Waals surface area contributed by atoms with Crippen molar-refractivity contribution in [3.63, 3.8) is 0 Å². The topological polar surface area (TPSA) is 118 Å². The van der Waals surface area contributed by atoms with Crippen molar-refractivity contribution in [1.29, 1.82) is 0 Å². The molecule has 0 heterocycles. The SMILES string of the molecule is CC(C)(CC(=O)NC1C2CC3CC1CC(C(N)=O)(C3)C2)NS(=O)(=O)c1ccccc1C(F)(F)F. The summed E-state index contributed by atoms with van der Waals surface area (Å²) >= 11 is 0. The molecule has 4 aliphatic rings. The van der Waals surface area contributed by atoms with E-state index in [0.29, 0.717) is 24.8 Å². The molecule has 0 saturated heterocycles. The summed E-state index contributed by atoms with van der Waals surface area (Å²) in [5, 5.41) is 3.03. The molecule has 5 rings (SSSR count). The minimum absolute atomic E-state index is 0.116. The standard InChI is InChI=1S/C23H30F3N3O4S/c1-21(2,29-34(32,33)17-6-4-3-5-16(17)23(24,25)26)12-18(30)28-19-14-7-13-8-15(19)11-22(9-13,10-14)20(27)31/h3-6,13-15,19,29H,7-12H2,1-2H3,(H2,27,31)(H,28,30). The Bertz CT molecular complexity index is 1090. The van der Waals surface area contributed by atoms with Gasteiger partial charge in [-0.1, -0.05) is 12.1 Å². The molecular formula is C23H30F3N3O4S. The molecule has 1 aromatic rings. The Morgan fingerprint density at radius 3 is 2.24 bits per heavy atom. The van der Waals surface area contributed by atoms with Gasteiger partial charge in [0.05, 0.1) is 10.5 Å². The number of alkyl halides is 3. The van der Waals surface area contributed by atoms with Crippen molar-refractivity contribution in [2.45, 2.75) is 75.0 Å². The minimum atomic E-state index is -4.84. The zero-order valence-corrected chi connectivity index (χ0v) is 19.9. The van der Waals surface area contributed by atoms with Gasteiger partial charge in [-0.25, -0.2) is 13.1 Å². The highest BCUT2D eigenvalue weighted by molar-refractivity contribution is 7.89. The fraction of sp³-hybridized carbons (Fsp3) is 0.652. The van der Waals surface area contributed by atoms with E-state index in [-0.39, 0.29) is 36.1 Å². The first-order chi connectivity index (χ1) is 15.6. The Balaban J connectivity index is 1.44. The van der Waals surface area contributed by atoms with Crippen LogP contribution >= 0.6 is 0 Å². The number of hydrogen-bond acceptors (Lipinski definition) is 4. The molecule has 1 aromatic carbocycles. The Morgan fingerprint density at radius 1 is 1.09 bits per heavy atom. The largest absolute Gasteiger partial charge is 0.417 e. The van der Waals surface area contributed by atoms with Gasteiger partial charge < -0.3 is 11.1 Å². The van der Waals surface area contributed by atoms with E-state index in [2.05, 4.69) is 10.0 Å². The number of primary amides is 1. The number of nitrogens with two attached hydrogens (primary N) is 1. The molecule has 7 nitrogen and oxygen atoms in total. The number of amides is 2. The zero-order valence-electron chi connectivity index (χ0n) is 19.1. The number of rotatable bonds is 7. The van der Waals surface area contributed by atoms with Gasteiger partial charge in [-0.15, -0.1) is 0 Å². The maximum absolute atomic E-state index is 13.3. The van der Waals surface area contributed by atoms with Crippen LogP contribution < -0.4 is 15.8 Å². The summed E-state index contributed by atoms with van der Waals surface area (Å²) in [6, 6.07) is 3.82. The van der Waals surface area contributed by atoms with Crippen LogP contribution in [0.3, 0.4) is 0 Å². The van der Waals surface area contributed by atoms with E-state index in [1.807, 2.05) is 0 Å². The van der Waals surface area contributed by atoms with Gasteiger partial charge in [0.1, 0.15) is 0 Å². The molecule has 4 saturated carbocycles. The van der Waals surface area contributed by atoms with Gasteiger partial charge in [-0.2, -0.15) is 13.2 Å². The predicted octanol–water partition coefficient (Wildman–Crippen LogP) is 2.95. The third kappa shape index (κ3) is 4.68. The Morgan fingerprint density at radius 2 is 1.68 bits per heavy atom. The smallest absolute Gasteiger partial charge is 0.369 e. The summed E-state index contributed by atoms with van der Waals surface area (Å²) in [4.78, 5) is 24.1. The van der Waals surface area contributed by atoms with Gasteiger partial charge >= 0.3 is 6.18 Å². The quantitative estimate of drug-likeness (QED) is 0.532. The summed E-state index contributed by atoms with van der Waals surface area (Å²) in [5.74, 6) is 0.0474. The first-order valence-electron chi connectivity index (χ1n) is 11.4. The second-order valence-electron chi connectivity index (χ2n) is 10.9. The van der Waals surface area contributed by atoms with Gasteiger partial charge in [0.25, 0.3) is 0 Å². The van der Waals surface area contributed by atoms with Crippen molar-refractivity contribution in [3.05, 3.63) is 29.8 Å². The Hall–Kier alpha value is -2.14. The lowest BCUT2D eigenvalue weighted by molar-refractivity contribution is -0.147. The van der Waals surface area contributed by atoms with Gasteiger partial charge in [0.2, 0.25) is 21.8 Å². The fourth-order valence-corrected chi connectivity index (χ4v) is 8.23. The fourth-order valence-electron chi connectivity index (χ4n) is 6.59. The van der Waals surface area contributed by atoms with Crippen molar-refractivity contribution in [3.8, 4) is 0 Å². The number of hydrogen-bond donors (Lipinski definition) is 3. The van der Waals surface area contributed by atoms with Gasteiger partial charge in [0.15, 0.2) is 0 Å². The molecule has 0 spiro atoms. The monoisotopic (exact) mass is 501 g/mol. The van der Waals surface area contributed by atoms with Crippen molar-refractivity contribution in [2.24, 2.45) is 28.9 Å². The predicted molar refractivity (Wildman–Crippen MR) is 118 cm³/mol. The number of carbonyl (C=O) groups is 2. The van der Waals surface area contributed by atoms with Crippen molar-refractivity contribution in [2.75, 3.05) is 0 Å². The van der Waals surface area contributed by atoms with E-state index >= 15 is 0 Å². The van der Waals surface area contributed by atoms with E-state index in [1.54, 1.807) is 0 Å². The van der Waals surface area contributed by atoms with Crippen LogP contribution in [0.2, 0.25) is 0 Å². The maximum Gasteiger partial charge on any atom is 0.417 e. The van der Waals surface area contributed by atoms with Crippen LogP contribution in [0.1, 0.15) is 57.9 Å². The van der Waals surface area contributed by atoms with Crippen LogP contribution in [0.4, 0.5) is 13.2 Å². The van der Waals surface area contributed by atoms with Gasteiger partial charge in [-0.05, 0) is 75.8 Å². The molecule has 188 valence electrons.